The van der Waals surface area contributed by atoms with E-state index >= 15 is 0 Å². The van der Waals surface area contributed by atoms with E-state index in [2.05, 4.69) is 25.0 Å². The van der Waals surface area contributed by atoms with Crippen molar-refractivity contribution in [1.29, 1.82) is 0 Å². The predicted molar refractivity (Wildman–Crippen MR) is 116 cm³/mol. The van der Waals surface area contributed by atoms with Crippen molar-refractivity contribution in [3.63, 3.8) is 0 Å². The summed E-state index contributed by atoms with van der Waals surface area (Å²) in [6.45, 7) is 2.00. The molecule has 0 atom stereocenters. The lowest BCUT2D eigenvalue weighted by molar-refractivity contribution is 0.0950. The van der Waals surface area contributed by atoms with E-state index in [9.17, 15) is 13.6 Å². The third-order valence-electron chi connectivity index (χ3n) is 4.33. The van der Waals surface area contributed by atoms with Gasteiger partial charge in [0.1, 0.15) is 11.5 Å². The van der Waals surface area contributed by atoms with Gasteiger partial charge < -0.3 is 14.8 Å². The number of carbonyl (C=O) groups is 1. The first-order valence-electron chi connectivity index (χ1n) is 9.63. The molecule has 2 heterocycles. The van der Waals surface area contributed by atoms with Gasteiger partial charge in [-0.15, -0.1) is 11.3 Å². The zero-order valence-electron chi connectivity index (χ0n) is 16.5. The van der Waals surface area contributed by atoms with Crippen LogP contribution in [-0.2, 0) is 6.54 Å². The molecule has 1 aliphatic carbocycles. The molecular weight excluding hydrogens is 444 g/mol. The number of nitrogens with zero attached hydrogens (tertiary/aromatic N) is 3. The molecule has 0 unspecified atom stereocenters. The molecule has 1 amide bonds. The maximum atomic E-state index is 14.7. The predicted octanol–water partition coefficient (Wildman–Crippen LogP) is 4.43. The summed E-state index contributed by atoms with van der Waals surface area (Å²) in [5.74, 6) is -1.59. The quantitative estimate of drug-likeness (QED) is 0.454. The maximum Gasteiger partial charge on any atom is 0.280 e. The number of anilines is 1. The van der Waals surface area contributed by atoms with Gasteiger partial charge in [-0.25, -0.2) is 18.7 Å². The van der Waals surface area contributed by atoms with Crippen LogP contribution in [0.15, 0.2) is 30.7 Å². The van der Waals surface area contributed by atoms with Gasteiger partial charge in [0.15, 0.2) is 10.8 Å². The molecular formula is C20H19F2N5O2S2. The van der Waals surface area contributed by atoms with Crippen molar-refractivity contribution >= 4 is 34.9 Å². The van der Waals surface area contributed by atoms with Crippen molar-refractivity contribution < 1.29 is 18.3 Å². The minimum absolute atomic E-state index is 0.151. The van der Waals surface area contributed by atoms with Gasteiger partial charge >= 0.3 is 0 Å². The molecule has 0 spiro atoms. The van der Waals surface area contributed by atoms with Crippen molar-refractivity contribution in [2.24, 2.45) is 0 Å². The van der Waals surface area contributed by atoms with Crippen LogP contribution in [0.25, 0.3) is 10.6 Å². The van der Waals surface area contributed by atoms with Crippen LogP contribution in [-0.4, -0.2) is 32.7 Å². The molecule has 1 aliphatic rings. The molecule has 1 saturated carbocycles. The zero-order valence-corrected chi connectivity index (χ0v) is 18.2. The van der Waals surface area contributed by atoms with Gasteiger partial charge in [0.05, 0.1) is 29.6 Å². The number of hydrogen-bond acceptors (Lipinski definition) is 8. The highest BCUT2D eigenvalue weighted by Crippen LogP contribution is 2.35. The first-order chi connectivity index (χ1) is 15.0. The van der Waals surface area contributed by atoms with E-state index < -0.39 is 17.5 Å². The number of hydrogen-bond donors (Lipinski definition) is 2. The minimum Gasteiger partial charge on any atom is -0.477 e. The molecule has 2 aromatic heterocycles. The van der Waals surface area contributed by atoms with E-state index in [0.29, 0.717) is 28.3 Å². The fraction of sp³-hybridized carbons (Fsp3) is 0.300. The minimum atomic E-state index is -0.720. The molecule has 1 aromatic carbocycles. The van der Waals surface area contributed by atoms with E-state index in [0.717, 1.165) is 24.2 Å². The van der Waals surface area contributed by atoms with Crippen molar-refractivity contribution in [3.05, 3.63) is 52.9 Å². The lowest BCUT2D eigenvalue weighted by atomic mass is 10.1. The smallest absolute Gasteiger partial charge is 0.280 e. The Balaban J connectivity index is 1.42. The highest BCUT2D eigenvalue weighted by Gasteiger charge is 2.23. The number of carbonyl (C=O) groups excluding carboxylic acids is 1. The Hall–Kier alpha value is -2.79. The Kier molecular flexibility index (Phi) is 6.62. The summed E-state index contributed by atoms with van der Waals surface area (Å²) < 4.78 is 37.1. The van der Waals surface area contributed by atoms with Gasteiger partial charge in [0, 0.05) is 23.6 Å². The van der Waals surface area contributed by atoms with Crippen molar-refractivity contribution in [1.82, 2.24) is 20.3 Å². The molecule has 7 nitrogen and oxygen atoms in total. The van der Waals surface area contributed by atoms with Crippen LogP contribution in [0.2, 0.25) is 0 Å². The van der Waals surface area contributed by atoms with Gasteiger partial charge in [0.25, 0.3) is 5.91 Å². The van der Waals surface area contributed by atoms with Crippen molar-refractivity contribution in [2.45, 2.75) is 31.6 Å². The van der Waals surface area contributed by atoms with Crippen LogP contribution in [0.3, 0.4) is 0 Å². The summed E-state index contributed by atoms with van der Waals surface area (Å²) in [4.78, 5) is 25.6. The number of halogens is 2. The molecule has 0 bridgehead atoms. The topological polar surface area (TPSA) is 89.0 Å². The second-order valence-corrected chi connectivity index (χ2v) is 8.83. The van der Waals surface area contributed by atoms with E-state index in [1.54, 1.807) is 6.20 Å². The van der Waals surface area contributed by atoms with Crippen LogP contribution >= 0.6 is 23.3 Å². The Bertz CT molecular complexity index is 1090. The van der Waals surface area contributed by atoms with Gasteiger partial charge in [-0.1, -0.05) is 0 Å². The Labute approximate surface area is 185 Å². The lowest BCUT2D eigenvalue weighted by Crippen LogP contribution is -2.24. The number of amides is 1. The SMILES string of the molecule is CCOc1cncc(-c2cnc(C(=O)NCc3c(F)ccc(NSC4CC4)c3F)s2)n1. The molecule has 3 aromatic rings. The summed E-state index contributed by atoms with van der Waals surface area (Å²) in [6.07, 6.45) is 6.71. The average Bonchev–Trinajstić information content (AvgIpc) is 3.46. The third kappa shape index (κ3) is 5.28. The van der Waals surface area contributed by atoms with Gasteiger partial charge in [-0.05, 0) is 43.8 Å². The monoisotopic (exact) mass is 463 g/mol. The fourth-order valence-corrected chi connectivity index (χ4v) is 4.21. The Morgan fingerprint density at radius 1 is 1.29 bits per heavy atom. The summed E-state index contributed by atoms with van der Waals surface area (Å²) in [5.41, 5.74) is 0.514. The Morgan fingerprint density at radius 2 is 2.13 bits per heavy atom. The number of rotatable bonds is 9. The van der Waals surface area contributed by atoms with Gasteiger partial charge in [-0.3, -0.25) is 9.78 Å². The second kappa shape index (κ2) is 9.56. The van der Waals surface area contributed by atoms with Crippen LogP contribution in [0.1, 0.15) is 35.1 Å². The second-order valence-electron chi connectivity index (χ2n) is 6.69. The number of nitrogens with one attached hydrogen (secondary N) is 2. The van der Waals surface area contributed by atoms with Crippen molar-refractivity contribution in [3.8, 4) is 16.5 Å². The number of thiazole rings is 1. The molecule has 0 saturated heterocycles. The third-order valence-corrected chi connectivity index (χ3v) is 6.49. The van der Waals surface area contributed by atoms with E-state index in [4.69, 9.17) is 4.74 Å². The van der Waals surface area contributed by atoms with Crippen LogP contribution in [0.4, 0.5) is 14.5 Å². The average molecular weight is 464 g/mol. The van der Waals surface area contributed by atoms with Crippen LogP contribution in [0, 0.1) is 11.6 Å². The molecule has 4 rings (SSSR count). The molecule has 0 radical (unpaired) electrons. The van der Waals surface area contributed by atoms with Gasteiger partial charge in [0.2, 0.25) is 5.88 Å². The van der Waals surface area contributed by atoms with Crippen molar-refractivity contribution in [2.75, 3.05) is 11.3 Å². The Morgan fingerprint density at radius 3 is 2.90 bits per heavy atom. The van der Waals surface area contributed by atoms with E-state index in [1.165, 1.54) is 36.5 Å². The fourth-order valence-electron chi connectivity index (χ4n) is 2.60. The number of benzene rings is 1. The number of aromatic nitrogens is 3. The number of ether oxygens (including phenoxy) is 1. The largest absolute Gasteiger partial charge is 0.477 e. The molecule has 1 fully saturated rings. The molecule has 2 N–H and O–H groups in total. The summed E-state index contributed by atoms with van der Waals surface area (Å²) in [5, 5.41) is 3.15. The maximum absolute atomic E-state index is 14.7. The zero-order chi connectivity index (χ0) is 21.8. The molecule has 0 aliphatic heterocycles. The van der Waals surface area contributed by atoms with Gasteiger partial charge in [-0.2, -0.15) is 0 Å². The highest BCUT2D eigenvalue weighted by atomic mass is 32.2. The van der Waals surface area contributed by atoms with E-state index in [-0.39, 0.29) is 22.8 Å². The van der Waals surface area contributed by atoms with E-state index in [1.807, 2.05) is 6.92 Å². The van der Waals surface area contributed by atoms with Crippen LogP contribution in [0.5, 0.6) is 5.88 Å². The molecule has 11 heteroatoms. The molecule has 162 valence electrons. The first kappa shape index (κ1) is 21.4. The first-order valence-corrected chi connectivity index (χ1v) is 11.3. The summed E-state index contributed by atoms with van der Waals surface area (Å²) in [6, 6.07) is 2.54. The normalized spacial score (nSPS) is 13.1. The summed E-state index contributed by atoms with van der Waals surface area (Å²) >= 11 is 2.52. The standard InChI is InChI=1S/C20H19F2N5O2S2/c1-2-29-17-10-23-8-15(26-17)16-9-25-20(30-16)19(28)24-7-12-13(21)5-6-14(18(12)22)27-31-11-3-4-11/h5-6,8-11,27H,2-4,7H2,1H3,(H,24,28). The lowest BCUT2D eigenvalue weighted by Gasteiger charge is -2.11. The summed E-state index contributed by atoms with van der Waals surface area (Å²) in [7, 11) is 0. The van der Waals surface area contributed by atoms with Crippen LogP contribution < -0.4 is 14.8 Å². The highest BCUT2D eigenvalue weighted by molar-refractivity contribution is 8.01. The molecule has 31 heavy (non-hydrogen) atoms.